The van der Waals surface area contributed by atoms with Crippen molar-refractivity contribution in [3.05, 3.63) is 42.5 Å². The summed E-state index contributed by atoms with van der Waals surface area (Å²) in [5.74, 6) is 1.23. The number of hydrogen-bond acceptors (Lipinski definition) is 4. The minimum Gasteiger partial charge on any atom is -0.481 e. The van der Waals surface area contributed by atoms with Crippen LogP contribution in [0, 0.1) is 0 Å². The van der Waals surface area contributed by atoms with Gasteiger partial charge in [-0.1, -0.05) is 30.3 Å². The summed E-state index contributed by atoms with van der Waals surface area (Å²) in [5, 5.41) is 9.02. The number of hydrogen-bond donors (Lipinski definition) is 1. The standard InChI is InChI=1S/C17H14N2O4/c20-16(21)6-7-19-13-9-15-14(22-10-23-15)8-12(13)18-17(19)11-4-2-1-3-5-11/h1-5,8-9H,6-7,10H2,(H,20,21). The summed E-state index contributed by atoms with van der Waals surface area (Å²) in [7, 11) is 0. The summed E-state index contributed by atoms with van der Waals surface area (Å²) in [4.78, 5) is 15.7. The maximum absolute atomic E-state index is 11.0. The van der Waals surface area contributed by atoms with Gasteiger partial charge in [0.15, 0.2) is 11.5 Å². The van der Waals surface area contributed by atoms with Crippen LogP contribution in [0.4, 0.5) is 0 Å². The number of benzene rings is 2. The largest absolute Gasteiger partial charge is 0.481 e. The van der Waals surface area contributed by atoms with Crippen LogP contribution in [0.1, 0.15) is 6.42 Å². The van der Waals surface area contributed by atoms with E-state index in [-0.39, 0.29) is 13.2 Å². The third kappa shape index (κ3) is 2.38. The average molecular weight is 310 g/mol. The zero-order valence-electron chi connectivity index (χ0n) is 12.2. The average Bonchev–Trinajstić information content (AvgIpc) is 3.15. The first-order valence-corrected chi connectivity index (χ1v) is 7.29. The predicted octanol–water partition coefficient (Wildman–Crippen LogP) is 2.91. The van der Waals surface area contributed by atoms with Gasteiger partial charge in [0.1, 0.15) is 5.82 Å². The summed E-state index contributed by atoms with van der Waals surface area (Å²) >= 11 is 0. The molecule has 4 rings (SSSR count). The normalized spacial score (nSPS) is 12.7. The second kappa shape index (κ2) is 5.31. The van der Waals surface area contributed by atoms with E-state index in [0.29, 0.717) is 18.0 Å². The van der Waals surface area contributed by atoms with Crippen molar-refractivity contribution < 1.29 is 19.4 Å². The van der Waals surface area contributed by atoms with Crippen molar-refractivity contribution >= 4 is 17.0 Å². The lowest BCUT2D eigenvalue weighted by atomic mass is 10.2. The summed E-state index contributed by atoms with van der Waals surface area (Å²) in [6.07, 6.45) is 0.0275. The van der Waals surface area contributed by atoms with Crippen molar-refractivity contribution in [2.45, 2.75) is 13.0 Å². The maximum atomic E-state index is 11.0. The number of rotatable bonds is 4. The third-order valence-corrected chi connectivity index (χ3v) is 3.82. The highest BCUT2D eigenvalue weighted by atomic mass is 16.7. The lowest BCUT2D eigenvalue weighted by molar-refractivity contribution is -0.137. The van der Waals surface area contributed by atoms with Crippen LogP contribution in [0.25, 0.3) is 22.4 Å². The van der Waals surface area contributed by atoms with Crippen LogP contribution in [0.2, 0.25) is 0 Å². The van der Waals surface area contributed by atoms with Gasteiger partial charge in [0, 0.05) is 24.2 Å². The van der Waals surface area contributed by atoms with Gasteiger partial charge in [0.2, 0.25) is 6.79 Å². The fourth-order valence-electron chi connectivity index (χ4n) is 2.76. The molecule has 1 aliphatic heterocycles. The Hall–Kier alpha value is -3.02. The Morgan fingerprint density at radius 2 is 1.91 bits per heavy atom. The number of carboxylic acid groups (broad SMARTS) is 1. The quantitative estimate of drug-likeness (QED) is 0.802. The van der Waals surface area contributed by atoms with Crippen LogP contribution in [-0.4, -0.2) is 27.4 Å². The van der Waals surface area contributed by atoms with E-state index in [9.17, 15) is 4.79 Å². The van der Waals surface area contributed by atoms with Crippen LogP contribution in [0.15, 0.2) is 42.5 Å². The Morgan fingerprint density at radius 3 is 2.65 bits per heavy atom. The summed E-state index contributed by atoms with van der Waals surface area (Å²) < 4.78 is 12.7. The number of imidazole rings is 1. The van der Waals surface area contributed by atoms with E-state index >= 15 is 0 Å². The number of carbonyl (C=O) groups is 1. The zero-order chi connectivity index (χ0) is 15.8. The molecule has 0 radical (unpaired) electrons. The number of fused-ring (bicyclic) bond motifs is 2. The van der Waals surface area contributed by atoms with Gasteiger partial charge in [0.05, 0.1) is 17.5 Å². The van der Waals surface area contributed by atoms with Crippen molar-refractivity contribution in [3.8, 4) is 22.9 Å². The van der Waals surface area contributed by atoms with E-state index in [0.717, 1.165) is 22.4 Å². The second-order valence-corrected chi connectivity index (χ2v) is 5.29. The van der Waals surface area contributed by atoms with E-state index in [1.807, 2.05) is 47.0 Å². The monoisotopic (exact) mass is 310 g/mol. The first kappa shape index (κ1) is 13.6. The molecule has 23 heavy (non-hydrogen) atoms. The Labute approximate surface area is 131 Å². The highest BCUT2D eigenvalue weighted by molar-refractivity contribution is 5.84. The van der Waals surface area contributed by atoms with Crippen LogP contribution >= 0.6 is 0 Å². The SMILES string of the molecule is O=C(O)CCn1c(-c2ccccc2)nc2cc3c(cc21)OCO3. The fraction of sp³-hybridized carbons (Fsp3) is 0.176. The number of aliphatic carboxylic acids is 1. The lowest BCUT2D eigenvalue weighted by Gasteiger charge is -2.08. The molecule has 0 saturated carbocycles. The third-order valence-electron chi connectivity index (χ3n) is 3.82. The van der Waals surface area contributed by atoms with Gasteiger partial charge in [-0.3, -0.25) is 4.79 Å². The molecule has 1 N–H and O–H groups in total. The van der Waals surface area contributed by atoms with Crippen molar-refractivity contribution in [1.29, 1.82) is 0 Å². The topological polar surface area (TPSA) is 73.6 Å². The van der Waals surface area contributed by atoms with Gasteiger partial charge in [-0.2, -0.15) is 0 Å². The van der Waals surface area contributed by atoms with Gasteiger partial charge in [0.25, 0.3) is 0 Å². The Kier molecular flexibility index (Phi) is 3.15. The van der Waals surface area contributed by atoms with Crippen molar-refractivity contribution in [1.82, 2.24) is 9.55 Å². The number of ether oxygens (including phenoxy) is 2. The minimum atomic E-state index is -0.841. The molecule has 3 aromatic rings. The van der Waals surface area contributed by atoms with E-state index in [4.69, 9.17) is 14.6 Å². The highest BCUT2D eigenvalue weighted by Crippen LogP contribution is 2.37. The van der Waals surface area contributed by atoms with Crippen molar-refractivity contribution in [2.24, 2.45) is 0 Å². The van der Waals surface area contributed by atoms with Crippen molar-refractivity contribution in [2.75, 3.05) is 6.79 Å². The number of carboxylic acids is 1. The number of nitrogens with zero attached hydrogens (tertiary/aromatic N) is 2. The van der Waals surface area contributed by atoms with Crippen LogP contribution in [0.5, 0.6) is 11.5 Å². The van der Waals surface area contributed by atoms with Crippen molar-refractivity contribution in [3.63, 3.8) is 0 Å². The fourth-order valence-corrected chi connectivity index (χ4v) is 2.76. The molecule has 0 bridgehead atoms. The predicted molar refractivity (Wildman–Crippen MR) is 83.5 cm³/mol. The molecular weight excluding hydrogens is 296 g/mol. The van der Waals surface area contributed by atoms with Crippen LogP contribution in [0.3, 0.4) is 0 Å². The first-order chi connectivity index (χ1) is 11.2. The lowest BCUT2D eigenvalue weighted by Crippen LogP contribution is -2.06. The summed E-state index contributed by atoms with van der Waals surface area (Å²) in [6, 6.07) is 13.4. The Morgan fingerprint density at radius 1 is 1.17 bits per heavy atom. The van der Waals surface area contributed by atoms with E-state index in [1.54, 1.807) is 0 Å². The van der Waals surface area contributed by atoms with E-state index < -0.39 is 5.97 Å². The Balaban J connectivity index is 1.90. The minimum absolute atomic E-state index is 0.0275. The molecule has 2 heterocycles. The summed E-state index contributed by atoms with van der Waals surface area (Å²) in [6.45, 7) is 0.540. The second-order valence-electron chi connectivity index (χ2n) is 5.29. The molecule has 0 unspecified atom stereocenters. The number of aryl methyl sites for hydroxylation is 1. The van der Waals surface area contributed by atoms with E-state index in [2.05, 4.69) is 4.98 Å². The molecule has 116 valence electrons. The molecule has 1 aromatic heterocycles. The molecular formula is C17H14N2O4. The summed E-state index contributed by atoms with van der Waals surface area (Å²) in [5.41, 5.74) is 2.55. The Bertz CT molecular complexity index is 886. The van der Waals surface area contributed by atoms with Gasteiger partial charge in [-0.15, -0.1) is 0 Å². The van der Waals surface area contributed by atoms with Gasteiger partial charge in [-0.25, -0.2) is 4.98 Å². The zero-order valence-corrected chi connectivity index (χ0v) is 12.2. The van der Waals surface area contributed by atoms with Crippen LogP contribution < -0.4 is 9.47 Å². The molecule has 1 aliphatic rings. The smallest absolute Gasteiger partial charge is 0.305 e. The van der Waals surface area contributed by atoms with Crippen LogP contribution in [-0.2, 0) is 11.3 Å². The number of aromatic nitrogens is 2. The van der Waals surface area contributed by atoms with Gasteiger partial charge >= 0.3 is 5.97 Å². The van der Waals surface area contributed by atoms with E-state index in [1.165, 1.54) is 0 Å². The molecule has 6 heteroatoms. The molecule has 0 saturated heterocycles. The molecule has 0 spiro atoms. The molecule has 6 nitrogen and oxygen atoms in total. The van der Waals surface area contributed by atoms with Gasteiger partial charge < -0.3 is 19.1 Å². The first-order valence-electron chi connectivity index (χ1n) is 7.29. The molecule has 2 aromatic carbocycles. The van der Waals surface area contributed by atoms with Gasteiger partial charge in [-0.05, 0) is 0 Å². The molecule has 0 amide bonds. The maximum Gasteiger partial charge on any atom is 0.305 e. The molecule has 0 aliphatic carbocycles. The highest BCUT2D eigenvalue weighted by Gasteiger charge is 2.20. The molecule has 0 atom stereocenters. The molecule has 0 fully saturated rings.